The zero-order valence-corrected chi connectivity index (χ0v) is 12.4. The number of aromatic nitrogens is 1. The van der Waals surface area contributed by atoms with Crippen molar-refractivity contribution in [3.63, 3.8) is 0 Å². The highest BCUT2D eigenvalue weighted by Crippen LogP contribution is 2.17. The van der Waals surface area contributed by atoms with Crippen LogP contribution in [0.3, 0.4) is 0 Å². The van der Waals surface area contributed by atoms with Crippen LogP contribution in [0.4, 0.5) is 5.69 Å². The molecule has 0 aliphatic carbocycles. The van der Waals surface area contributed by atoms with Gasteiger partial charge in [-0.3, -0.25) is 4.79 Å². The van der Waals surface area contributed by atoms with Crippen LogP contribution in [0, 0.1) is 0 Å². The van der Waals surface area contributed by atoms with E-state index in [1.807, 2.05) is 44.3 Å². The molecule has 0 aliphatic heterocycles. The van der Waals surface area contributed by atoms with Crippen molar-refractivity contribution in [1.29, 1.82) is 0 Å². The summed E-state index contributed by atoms with van der Waals surface area (Å²) in [6, 6.07) is 11.0. The molecule has 5 heteroatoms. The average molecular weight is 285 g/mol. The number of methoxy groups -OCH3 is 1. The lowest BCUT2D eigenvalue weighted by Crippen LogP contribution is -2.27. The van der Waals surface area contributed by atoms with Gasteiger partial charge in [-0.1, -0.05) is 12.1 Å². The van der Waals surface area contributed by atoms with Crippen molar-refractivity contribution in [1.82, 2.24) is 10.3 Å². The Hall–Kier alpha value is -2.56. The molecule has 0 saturated carbocycles. The third-order valence-electron chi connectivity index (χ3n) is 3.25. The molecule has 0 fully saturated rings. The summed E-state index contributed by atoms with van der Waals surface area (Å²) in [5, 5.41) is 5.89. The normalized spacial score (nSPS) is 11.6. The molecule has 21 heavy (non-hydrogen) atoms. The fraction of sp³-hybridized carbons (Fsp3) is 0.250. The molecular weight excluding hydrogens is 266 g/mol. The number of carbonyl (C=O) groups is 1. The minimum Gasteiger partial charge on any atom is -0.497 e. The maximum absolute atomic E-state index is 12.1. The van der Waals surface area contributed by atoms with Crippen molar-refractivity contribution < 1.29 is 9.53 Å². The second-order valence-electron chi connectivity index (χ2n) is 4.65. The van der Waals surface area contributed by atoms with E-state index >= 15 is 0 Å². The molecule has 1 amide bonds. The van der Waals surface area contributed by atoms with E-state index in [2.05, 4.69) is 15.6 Å². The monoisotopic (exact) mass is 285 g/mol. The number of amides is 1. The number of benzene rings is 1. The van der Waals surface area contributed by atoms with Gasteiger partial charge in [0.05, 0.1) is 25.0 Å². The smallest absolute Gasteiger partial charge is 0.270 e. The Kier molecular flexibility index (Phi) is 4.77. The lowest BCUT2D eigenvalue weighted by molar-refractivity contribution is 0.0935. The van der Waals surface area contributed by atoms with Crippen LogP contribution >= 0.6 is 0 Å². The molecule has 1 heterocycles. The van der Waals surface area contributed by atoms with Gasteiger partial charge in [0, 0.05) is 7.05 Å². The lowest BCUT2D eigenvalue weighted by Gasteiger charge is -2.14. The number of hydrogen-bond donors (Lipinski definition) is 2. The van der Waals surface area contributed by atoms with Crippen LogP contribution in [-0.4, -0.2) is 25.0 Å². The molecular formula is C16H19N3O2. The summed E-state index contributed by atoms with van der Waals surface area (Å²) in [5.41, 5.74) is 2.28. The Morgan fingerprint density at radius 2 is 1.90 bits per heavy atom. The van der Waals surface area contributed by atoms with Gasteiger partial charge in [0.2, 0.25) is 0 Å². The molecule has 0 saturated heterocycles. The Morgan fingerprint density at radius 3 is 2.43 bits per heavy atom. The summed E-state index contributed by atoms with van der Waals surface area (Å²) >= 11 is 0. The maximum Gasteiger partial charge on any atom is 0.270 e. The highest BCUT2D eigenvalue weighted by molar-refractivity contribution is 5.92. The lowest BCUT2D eigenvalue weighted by atomic mass is 10.1. The van der Waals surface area contributed by atoms with Gasteiger partial charge < -0.3 is 15.4 Å². The standard InChI is InChI=1S/C16H19N3O2/c1-11(12-4-7-14(21-3)8-5-12)19-16(20)15-9-6-13(17-2)10-18-15/h4-11,17H,1-3H3,(H,19,20). The number of nitrogens with zero attached hydrogens (tertiary/aromatic N) is 1. The van der Waals surface area contributed by atoms with Gasteiger partial charge in [-0.2, -0.15) is 0 Å². The molecule has 1 aromatic carbocycles. The first kappa shape index (κ1) is 14.8. The van der Waals surface area contributed by atoms with E-state index < -0.39 is 0 Å². The van der Waals surface area contributed by atoms with Crippen LogP contribution in [0.5, 0.6) is 5.75 Å². The predicted molar refractivity (Wildman–Crippen MR) is 82.7 cm³/mol. The summed E-state index contributed by atoms with van der Waals surface area (Å²) < 4.78 is 5.12. The van der Waals surface area contributed by atoms with Gasteiger partial charge in [0.25, 0.3) is 5.91 Å². The third kappa shape index (κ3) is 3.72. The summed E-state index contributed by atoms with van der Waals surface area (Å²) in [4.78, 5) is 16.3. The van der Waals surface area contributed by atoms with Gasteiger partial charge in [-0.05, 0) is 36.8 Å². The molecule has 0 radical (unpaired) electrons. The van der Waals surface area contributed by atoms with E-state index in [9.17, 15) is 4.79 Å². The van der Waals surface area contributed by atoms with Crippen molar-refractivity contribution in [2.24, 2.45) is 0 Å². The van der Waals surface area contributed by atoms with Gasteiger partial charge in [0.15, 0.2) is 0 Å². The van der Waals surface area contributed by atoms with E-state index in [1.54, 1.807) is 19.4 Å². The highest BCUT2D eigenvalue weighted by Gasteiger charge is 2.12. The van der Waals surface area contributed by atoms with Crippen LogP contribution in [0.2, 0.25) is 0 Å². The predicted octanol–water partition coefficient (Wildman–Crippen LogP) is 2.62. The molecule has 2 N–H and O–H groups in total. The molecule has 0 aliphatic rings. The Labute approximate surface area is 124 Å². The zero-order chi connectivity index (χ0) is 15.2. The second-order valence-corrected chi connectivity index (χ2v) is 4.65. The van der Waals surface area contributed by atoms with Crippen LogP contribution in [0.1, 0.15) is 29.0 Å². The van der Waals surface area contributed by atoms with E-state index in [0.717, 1.165) is 17.0 Å². The number of rotatable bonds is 5. The van der Waals surface area contributed by atoms with Crippen LogP contribution in [0.25, 0.3) is 0 Å². The Balaban J connectivity index is 2.03. The average Bonchev–Trinajstić information content (AvgIpc) is 2.55. The zero-order valence-electron chi connectivity index (χ0n) is 12.4. The molecule has 1 unspecified atom stereocenters. The number of nitrogens with one attached hydrogen (secondary N) is 2. The molecule has 2 aromatic rings. The topological polar surface area (TPSA) is 63.2 Å². The largest absolute Gasteiger partial charge is 0.497 e. The van der Waals surface area contributed by atoms with Gasteiger partial charge in [-0.15, -0.1) is 0 Å². The van der Waals surface area contributed by atoms with Crippen molar-refractivity contribution in [3.05, 3.63) is 53.9 Å². The number of ether oxygens (including phenoxy) is 1. The summed E-state index contributed by atoms with van der Waals surface area (Å²) in [5.74, 6) is 0.600. The molecule has 1 aromatic heterocycles. The SMILES string of the molecule is CNc1ccc(C(=O)NC(C)c2ccc(OC)cc2)nc1. The van der Waals surface area contributed by atoms with Crippen molar-refractivity contribution >= 4 is 11.6 Å². The first-order chi connectivity index (χ1) is 10.1. The summed E-state index contributed by atoms with van der Waals surface area (Å²) in [7, 11) is 3.43. The first-order valence-electron chi connectivity index (χ1n) is 6.72. The quantitative estimate of drug-likeness (QED) is 0.886. The number of carbonyl (C=O) groups excluding carboxylic acids is 1. The maximum atomic E-state index is 12.1. The Bertz CT molecular complexity index is 594. The third-order valence-corrected chi connectivity index (χ3v) is 3.25. The first-order valence-corrected chi connectivity index (χ1v) is 6.72. The van der Waals surface area contributed by atoms with Crippen molar-refractivity contribution in [2.75, 3.05) is 19.5 Å². The number of pyridine rings is 1. The minimum atomic E-state index is -0.194. The van der Waals surface area contributed by atoms with Gasteiger partial charge in [-0.25, -0.2) is 4.98 Å². The van der Waals surface area contributed by atoms with E-state index in [0.29, 0.717) is 5.69 Å². The fourth-order valence-electron chi connectivity index (χ4n) is 1.92. The molecule has 1 atom stereocenters. The molecule has 110 valence electrons. The number of hydrogen-bond acceptors (Lipinski definition) is 4. The minimum absolute atomic E-state index is 0.103. The van der Waals surface area contributed by atoms with Gasteiger partial charge in [0.1, 0.15) is 11.4 Å². The van der Waals surface area contributed by atoms with E-state index in [4.69, 9.17) is 4.74 Å². The molecule has 5 nitrogen and oxygen atoms in total. The van der Waals surface area contributed by atoms with Crippen molar-refractivity contribution in [2.45, 2.75) is 13.0 Å². The fourth-order valence-corrected chi connectivity index (χ4v) is 1.92. The van der Waals surface area contributed by atoms with Crippen molar-refractivity contribution in [3.8, 4) is 5.75 Å². The van der Waals surface area contributed by atoms with Gasteiger partial charge >= 0.3 is 0 Å². The second kappa shape index (κ2) is 6.74. The molecule has 0 bridgehead atoms. The highest BCUT2D eigenvalue weighted by atomic mass is 16.5. The van der Waals surface area contributed by atoms with Crippen LogP contribution in [0.15, 0.2) is 42.6 Å². The summed E-state index contributed by atoms with van der Waals surface area (Å²) in [6.45, 7) is 1.93. The molecule has 0 spiro atoms. The van der Waals surface area contributed by atoms with E-state index in [-0.39, 0.29) is 11.9 Å². The molecule has 2 rings (SSSR count). The Morgan fingerprint density at radius 1 is 1.19 bits per heavy atom. The van der Waals surface area contributed by atoms with Crippen LogP contribution < -0.4 is 15.4 Å². The van der Waals surface area contributed by atoms with E-state index in [1.165, 1.54) is 0 Å². The van der Waals surface area contributed by atoms with Crippen LogP contribution in [-0.2, 0) is 0 Å². The number of anilines is 1. The summed E-state index contributed by atoms with van der Waals surface area (Å²) in [6.07, 6.45) is 1.63.